The van der Waals surface area contributed by atoms with E-state index in [0.717, 1.165) is 12.0 Å². The van der Waals surface area contributed by atoms with Crippen molar-refractivity contribution in [3.8, 4) is 0 Å². The van der Waals surface area contributed by atoms with Gasteiger partial charge in [-0.3, -0.25) is 4.79 Å². The number of hydrogen-bond acceptors (Lipinski definition) is 1. The first-order valence-electron chi connectivity index (χ1n) is 6.17. The Labute approximate surface area is 117 Å². The van der Waals surface area contributed by atoms with Gasteiger partial charge in [0.15, 0.2) is 5.78 Å². The molecule has 0 N–H and O–H groups in total. The molecule has 0 heterocycles. The molecule has 0 saturated carbocycles. The van der Waals surface area contributed by atoms with Gasteiger partial charge in [-0.05, 0) is 23.6 Å². The van der Waals surface area contributed by atoms with E-state index in [1.54, 1.807) is 18.2 Å². The second kappa shape index (κ2) is 5.98. The van der Waals surface area contributed by atoms with E-state index in [1.807, 2.05) is 25.1 Å². The predicted molar refractivity (Wildman–Crippen MR) is 75.3 cm³/mol. The molecule has 2 rings (SSSR count). The normalized spacial score (nSPS) is 10.5. The average Bonchev–Trinajstić information content (AvgIpc) is 2.43. The second-order valence-electron chi connectivity index (χ2n) is 4.32. The van der Waals surface area contributed by atoms with Crippen LogP contribution in [0.5, 0.6) is 0 Å². The standard InChI is InChI=1S/C16H14ClFO/c1-2-11-6-3-4-8-13(11)15(19)10-12-7-5-9-14(17)16(12)18/h3-9H,2,10H2,1H3. The number of benzene rings is 2. The van der Waals surface area contributed by atoms with E-state index in [2.05, 4.69) is 0 Å². The van der Waals surface area contributed by atoms with Gasteiger partial charge in [0.2, 0.25) is 0 Å². The largest absolute Gasteiger partial charge is 0.294 e. The summed E-state index contributed by atoms with van der Waals surface area (Å²) in [6, 6.07) is 12.1. The fourth-order valence-corrected chi connectivity index (χ4v) is 2.25. The van der Waals surface area contributed by atoms with Gasteiger partial charge in [0, 0.05) is 12.0 Å². The van der Waals surface area contributed by atoms with Crippen LogP contribution in [0.4, 0.5) is 4.39 Å². The fraction of sp³-hybridized carbons (Fsp3) is 0.188. The van der Waals surface area contributed by atoms with E-state index in [9.17, 15) is 9.18 Å². The van der Waals surface area contributed by atoms with Gasteiger partial charge < -0.3 is 0 Å². The molecule has 1 nitrogen and oxygen atoms in total. The topological polar surface area (TPSA) is 17.1 Å². The molecule has 2 aromatic rings. The van der Waals surface area contributed by atoms with Gasteiger partial charge in [0.25, 0.3) is 0 Å². The summed E-state index contributed by atoms with van der Waals surface area (Å²) in [5, 5.41) is 0.0501. The summed E-state index contributed by atoms with van der Waals surface area (Å²) in [6.45, 7) is 1.99. The summed E-state index contributed by atoms with van der Waals surface area (Å²) in [6.07, 6.45) is 0.809. The highest BCUT2D eigenvalue weighted by Gasteiger charge is 2.14. The molecule has 0 atom stereocenters. The molecule has 0 aliphatic heterocycles. The number of aryl methyl sites for hydroxylation is 1. The first kappa shape index (κ1) is 13.8. The quantitative estimate of drug-likeness (QED) is 0.753. The summed E-state index contributed by atoms with van der Waals surface area (Å²) in [5.74, 6) is -0.592. The van der Waals surface area contributed by atoms with E-state index < -0.39 is 5.82 Å². The highest BCUT2D eigenvalue weighted by atomic mass is 35.5. The van der Waals surface area contributed by atoms with Crippen LogP contribution in [0.1, 0.15) is 28.4 Å². The van der Waals surface area contributed by atoms with Crippen LogP contribution in [0.2, 0.25) is 5.02 Å². The van der Waals surface area contributed by atoms with Gasteiger partial charge in [-0.1, -0.05) is 54.9 Å². The monoisotopic (exact) mass is 276 g/mol. The Morgan fingerprint density at radius 1 is 1.11 bits per heavy atom. The Morgan fingerprint density at radius 2 is 1.79 bits per heavy atom. The summed E-state index contributed by atoms with van der Waals surface area (Å²) in [4.78, 5) is 12.2. The molecule has 3 heteroatoms. The first-order valence-corrected chi connectivity index (χ1v) is 6.55. The number of Topliss-reactive ketones (excluding diaryl/α,β-unsaturated/α-hetero) is 1. The third-order valence-electron chi connectivity index (χ3n) is 3.08. The molecule has 0 fully saturated rings. The summed E-state index contributed by atoms with van der Waals surface area (Å²) < 4.78 is 13.8. The Kier molecular flexibility index (Phi) is 4.33. The van der Waals surface area contributed by atoms with E-state index >= 15 is 0 Å². The zero-order valence-corrected chi connectivity index (χ0v) is 11.4. The van der Waals surface area contributed by atoms with Gasteiger partial charge in [0.1, 0.15) is 5.82 Å². The lowest BCUT2D eigenvalue weighted by molar-refractivity contribution is 0.0991. The van der Waals surface area contributed by atoms with E-state index in [1.165, 1.54) is 6.07 Å². The molecule has 2 aromatic carbocycles. The highest BCUT2D eigenvalue weighted by Crippen LogP contribution is 2.20. The number of carbonyl (C=O) groups excluding carboxylic acids is 1. The maximum atomic E-state index is 13.8. The molecule has 0 amide bonds. The number of carbonyl (C=O) groups is 1. The zero-order chi connectivity index (χ0) is 13.8. The van der Waals surface area contributed by atoms with Gasteiger partial charge in [-0.15, -0.1) is 0 Å². The second-order valence-corrected chi connectivity index (χ2v) is 4.73. The van der Waals surface area contributed by atoms with Crippen LogP contribution in [0.15, 0.2) is 42.5 Å². The van der Waals surface area contributed by atoms with Crippen molar-refractivity contribution in [3.63, 3.8) is 0 Å². The minimum absolute atomic E-state index is 0.0312. The van der Waals surface area contributed by atoms with Crippen LogP contribution >= 0.6 is 11.6 Å². The van der Waals surface area contributed by atoms with E-state index in [-0.39, 0.29) is 17.2 Å². The van der Waals surface area contributed by atoms with Crippen molar-refractivity contribution in [2.24, 2.45) is 0 Å². The molecule has 0 bridgehead atoms. The molecule has 19 heavy (non-hydrogen) atoms. The number of ketones is 1. The fourth-order valence-electron chi connectivity index (χ4n) is 2.05. The summed E-state index contributed by atoms with van der Waals surface area (Å²) in [5.41, 5.74) is 1.97. The SMILES string of the molecule is CCc1ccccc1C(=O)Cc1cccc(Cl)c1F. The molecule has 0 radical (unpaired) electrons. The summed E-state index contributed by atoms with van der Waals surface area (Å²) in [7, 11) is 0. The third-order valence-corrected chi connectivity index (χ3v) is 3.37. The summed E-state index contributed by atoms with van der Waals surface area (Å²) >= 11 is 5.72. The van der Waals surface area contributed by atoms with Crippen LogP contribution < -0.4 is 0 Å². The van der Waals surface area contributed by atoms with Crippen molar-refractivity contribution in [1.82, 2.24) is 0 Å². The maximum Gasteiger partial charge on any atom is 0.167 e. The Hall–Kier alpha value is -1.67. The molecule has 0 spiro atoms. The number of hydrogen-bond donors (Lipinski definition) is 0. The molecular weight excluding hydrogens is 263 g/mol. The van der Waals surface area contributed by atoms with Crippen molar-refractivity contribution < 1.29 is 9.18 Å². The van der Waals surface area contributed by atoms with Gasteiger partial charge >= 0.3 is 0 Å². The van der Waals surface area contributed by atoms with Crippen molar-refractivity contribution in [3.05, 3.63) is 70.0 Å². The van der Waals surface area contributed by atoms with Gasteiger partial charge in [0.05, 0.1) is 5.02 Å². The smallest absolute Gasteiger partial charge is 0.167 e. The predicted octanol–water partition coefficient (Wildman–Crippen LogP) is 4.47. The van der Waals surface area contributed by atoms with Crippen LogP contribution in [0.25, 0.3) is 0 Å². The van der Waals surface area contributed by atoms with Gasteiger partial charge in [-0.25, -0.2) is 4.39 Å². The van der Waals surface area contributed by atoms with Crippen LogP contribution in [-0.4, -0.2) is 5.78 Å². The van der Waals surface area contributed by atoms with Crippen LogP contribution in [-0.2, 0) is 12.8 Å². The molecule has 0 aliphatic carbocycles. The zero-order valence-electron chi connectivity index (χ0n) is 10.6. The van der Waals surface area contributed by atoms with Crippen molar-refractivity contribution in [2.45, 2.75) is 19.8 Å². The minimum atomic E-state index is -0.508. The van der Waals surface area contributed by atoms with Crippen LogP contribution in [0.3, 0.4) is 0 Å². The molecular formula is C16H14ClFO. The molecule has 0 unspecified atom stereocenters. The lowest BCUT2D eigenvalue weighted by atomic mass is 9.97. The number of rotatable bonds is 4. The minimum Gasteiger partial charge on any atom is -0.294 e. The third kappa shape index (κ3) is 3.02. The maximum absolute atomic E-state index is 13.8. The van der Waals surface area contributed by atoms with E-state index in [0.29, 0.717) is 11.1 Å². The lowest BCUT2D eigenvalue weighted by Gasteiger charge is -2.08. The van der Waals surface area contributed by atoms with Crippen molar-refractivity contribution >= 4 is 17.4 Å². The van der Waals surface area contributed by atoms with Crippen LogP contribution in [0, 0.1) is 5.82 Å². The lowest BCUT2D eigenvalue weighted by Crippen LogP contribution is -2.08. The number of halogens is 2. The van der Waals surface area contributed by atoms with E-state index in [4.69, 9.17) is 11.6 Å². The Balaban J connectivity index is 2.28. The first-order chi connectivity index (χ1) is 9.13. The molecule has 98 valence electrons. The van der Waals surface area contributed by atoms with Crippen molar-refractivity contribution in [2.75, 3.05) is 0 Å². The Bertz CT molecular complexity index is 607. The molecule has 0 saturated heterocycles. The van der Waals surface area contributed by atoms with Crippen molar-refractivity contribution in [1.29, 1.82) is 0 Å². The highest BCUT2D eigenvalue weighted by molar-refractivity contribution is 6.30. The molecule has 0 aromatic heterocycles. The average molecular weight is 277 g/mol. The van der Waals surface area contributed by atoms with Gasteiger partial charge in [-0.2, -0.15) is 0 Å². The Morgan fingerprint density at radius 3 is 2.53 bits per heavy atom. The molecule has 0 aliphatic rings.